The highest BCUT2D eigenvalue weighted by atomic mass is 16.5. The van der Waals surface area contributed by atoms with Gasteiger partial charge in [-0.15, -0.1) is 10.2 Å². The molecule has 34 heavy (non-hydrogen) atoms. The first-order valence-electron chi connectivity index (χ1n) is 11.8. The van der Waals surface area contributed by atoms with E-state index in [1.54, 1.807) is 6.92 Å². The molecule has 1 amide bonds. The lowest BCUT2D eigenvalue weighted by Crippen LogP contribution is -2.48. The number of aryl methyl sites for hydroxylation is 2. The zero-order valence-corrected chi connectivity index (χ0v) is 20.5. The van der Waals surface area contributed by atoms with Gasteiger partial charge in [0.05, 0.1) is 12.3 Å². The SMILES string of the molecule is CCOc1ccc(-c2nnc(C)n2-c2ccc(C)cc2OCCN2CCN(C(C)=O)CC2)cc1. The van der Waals surface area contributed by atoms with Gasteiger partial charge in [0.15, 0.2) is 5.82 Å². The van der Waals surface area contributed by atoms with E-state index in [-0.39, 0.29) is 5.91 Å². The molecular weight excluding hydrogens is 430 g/mol. The van der Waals surface area contributed by atoms with Crippen molar-refractivity contribution in [1.29, 1.82) is 0 Å². The molecule has 0 bridgehead atoms. The summed E-state index contributed by atoms with van der Waals surface area (Å²) < 4.78 is 13.9. The molecule has 8 nitrogen and oxygen atoms in total. The van der Waals surface area contributed by atoms with Crippen molar-refractivity contribution in [1.82, 2.24) is 24.6 Å². The van der Waals surface area contributed by atoms with Crippen molar-refractivity contribution < 1.29 is 14.3 Å². The quantitative estimate of drug-likeness (QED) is 0.509. The number of aromatic nitrogens is 3. The summed E-state index contributed by atoms with van der Waals surface area (Å²) in [6.07, 6.45) is 0. The minimum absolute atomic E-state index is 0.146. The molecule has 0 unspecified atom stereocenters. The van der Waals surface area contributed by atoms with Gasteiger partial charge in [0.25, 0.3) is 0 Å². The second kappa shape index (κ2) is 10.7. The average Bonchev–Trinajstić information content (AvgIpc) is 3.21. The first-order chi connectivity index (χ1) is 16.5. The van der Waals surface area contributed by atoms with Crippen LogP contribution in [0.2, 0.25) is 0 Å². The standard InChI is InChI=1S/C26H33N5O3/c1-5-33-23-9-7-22(8-10-23)26-28-27-20(3)31(26)24-11-6-19(2)18-25(24)34-17-16-29-12-14-30(15-13-29)21(4)32/h6-11,18H,5,12-17H2,1-4H3. The van der Waals surface area contributed by atoms with Gasteiger partial charge in [-0.1, -0.05) is 6.07 Å². The van der Waals surface area contributed by atoms with E-state index in [9.17, 15) is 4.79 Å². The molecule has 1 aliphatic rings. The van der Waals surface area contributed by atoms with Gasteiger partial charge < -0.3 is 14.4 Å². The summed E-state index contributed by atoms with van der Waals surface area (Å²) in [5.41, 5.74) is 3.00. The highest BCUT2D eigenvalue weighted by Gasteiger charge is 2.20. The van der Waals surface area contributed by atoms with Crippen LogP contribution < -0.4 is 9.47 Å². The van der Waals surface area contributed by atoms with E-state index in [1.807, 2.05) is 47.6 Å². The summed E-state index contributed by atoms with van der Waals surface area (Å²) in [7, 11) is 0. The second-order valence-corrected chi connectivity index (χ2v) is 8.53. The van der Waals surface area contributed by atoms with Crippen LogP contribution in [0, 0.1) is 13.8 Å². The Morgan fingerprint density at radius 2 is 1.71 bits per heavy atom. The molecule has 0 saturated carbocycles. The third-order valence-corrected chi connectivity index (χ3v) is 6.09. The predicted octanol–water partition coefficient (Wildman–Crippen LogP) is 3.49. The Morgan fingerprint density at radius 3 is 2.38 bits per heavy atom. The van der Waals surface area contributed by atoms with Crippen molar-refractivity contribution in [2.45, 2.75) is 27.7 Å². The lowest BCUT2D eigenvalue weighted by molar-refractivity contribution is -0.130. The zero-order chi connectivity index (χ0) is 24.1. The van der Waals surface area contributed by atoms with E-state index in [0.717, 1.165) is 72.7 Å². The molecule has 1 saturated heterocycles. The third-order valence-electron chi connectivity index (χ3n) is 6.09. The van der Waals surface area contributed by atoms with Crippen LogP contribution in [0.3, 0.4) is 0 Å². The topological polar surface area (TPSA) is 72.7 Å². The average molecular weight is 464 g/mol. The fourth-order valence-electron chi connectivity index (χ4n) is 4.20. The van der Waals surface area contributed by atoms with Crippen LogP contribution in [0.25, 0.3) is 17.1 Å². The first-order valence-corrected chi connectivity index (χ1v) is 11.8. The Morgan fingerprint density at radius 1 is 0.971 bits per heavy atom. The van der Waals surface area contributed by atoms with E-state index in [0.29, 0.717) is 13.2 Å². The number of piperazine rings is 1. The van der Waals surface area contributed by atoms with Crippen molar-refractivity contribution in [2.75, 3.05) is 45.9 Å². The van der Waals surface area contributed by atoms with Crippen molar-refractivity contribution >= 4 is 5.91 Å². The number of nitrogens with zero attached hydrogens (tertiary/aromatic N) is 5. The molecule has 8 heteroatoms. The van der Waals surface area contributed by atoms with Gasteiger partial charge in [-0.05, 0) is 62.7 Å². The molecule has 3 aromatic rings. The van der Waals surface area contributed by atoms with Crippen molar-refractivity contribution in [3.05, 3.63) is 53.9 Å². The van der Waals surface area contributed by atoms with Crippen LogP contribution in [0.15, 0.2) is 42.5 Å². The van der Waals surface area contributed by atoms with Crippen LogP contribution in [0.5, 0.6) is 11.5 Å². The van der Waals surface area contributed by atoms with E-state index in [2.05, 4.69) is 40.2 Å². The monoisotopic (exact) mass is 463 g/mol. The molecule has 180 valence electrons. The Hall–Kier alpha value is -3.39. The number of ether oxygens (including phenoxy) is 2. The van der Waals surface area contributed by atoms with Gasteiger partial charge in [-0.3, -0.25) is 14.3 Å². The van der Waals surface area contributed by atoms with Crippen molar-refractivity contribution in [3.63, 3.8) is 0 Å². The summed E-state index contributed by atoms with van der Waals surface area (Å²) >= 11 is 0. The zero-order valence-electron chi connectivity index (χ0n) is 20.5. The third kappa shape index (κ3) is 5.39. The number of hydrogen-bond acceptors (Lipinski definition) is 6. The number of carbonyl (C=O) groups is 1. The Bertz CT molecular complexity index is 1120. The maximum atomic E-state index is 11.6. The first kappa shape index (κ1) is 23.8. The van der Waals surface area contributed by atoms with E-state index >= 15 is 0 Å². The molecule has 0 N–H and O–H groups in total. The maximum absolute atomic E-state index is 11.6. The van der Waals surface area contributed by atoms with Crippen LogP contribution >= 0.6 is 0 Å². The molecule has 0 atom stereocenters. The van der Waals surface area contributed by atoms with Gasteiger partial charge in [0.2, 0.25) is 5.91 Å². The number of carbonyl (C=O) groups excluding carboxylic acids is 1. The summed E-state index contributed by atoms with van der Waals surface area (Å²) in [4.78, 5) is 15.8. The van der Waals surface area contributed by atoms with Crippen molar-refractivity contribution in [2.24, 2.45) is 0 Å². The maximum Gasteiger partial charge on any atom is 0.219 e. The van der Waals surface area contributed by atoms with Gasteiger partial charge >= 0.3 is 0 Å². The minimum atomic E-state index is 0.146. The molecule has 0 radical (unpaired) electrons. The smallest absolute Gasteiger partial charge is 0.219 e. The highest BCUT2D eigenvalue weighted by Crippen LogP contribution is 2.31. The number of benzene rings is 2. The van der Waals surface area contributed by atoms with E-state index in [1.165, 1.54) is 0 Å². The van der Waals surface area contributed by atoms with Gasteiger partial charge in [0.1, 0.15) is 23.9 Å². The Balaban J connectivity index is 1.51. The van der Waals surface area contributed by atoms with Crippen molar-refractivity contribution in [3.8, 4) is 28.6 Å². The van der Waals surface area contributed by atoms with Crippen LogP contribution in [-0.4, -0.2) is 76.4 Å². The molecule has 0 aliphatic carbocycles. The summed E-state index contributed by atoms with van der Waals surface area (Å²) in [5, 5.41) is 8.81. The normalized spacial score (nSPS) is 14.3. The molecule has 0 spiro atoms. The van der Waals surface area contributed by atoms with E-state index < -0.39 is 0 Å². The summed E-state index contributed by atoms with van der Waals surface area (Å²) in [5.74, 6) is 3.33. The molecule has 1 fully saturated rings. The second-order valence-electron chi connectivity index (χ2n) is 8.53. The molecule has 4 rings (SSSR count). The number of hydrogen-bond donors (Lipinski definition) is 0. The van der Waals surface area contributed by atoms with Gasteiger partial charge in [-0.25, -0.2) is 0 Å². The molecule has 1 aliphatic heterocycles. The fraction of sp³-hybridized carbons (Fsp3) is 0.423. The molecule has 2 aromatic carbocycles. The van der Waals surface area contributed by atoms with Crippen LogP contribution in [-0.2, 0) is 4.79 Å². The number of amides is 1. The Labute approximate surface area is 201 Å². The lowest BCUT2D eigenvalue weighted by atomic mass is 10.1. The largest absolute Gasteiger partial charge is 0.494 e. The number of rotatable bonds is 8. The van der Waals surface area contributed by atoms with Crippen LogP contribution in [0.1, 0.15) is 25.2 Å². The van der Waals surface area contributed by atoms with Gasteiger partial charge in [-0.2, -0.15) is 0 Å². The minimum Gasteiger partial charge on any atom is -0.494 e. The summed E-state index contributed by atoms with van der Waals surface area (Å²) in [6, 6.07) is 14.1. The van der Waals surface area contributed by atoms with E-state index in [4.69, 9.17) is 9.47 Å². The molecular formula is C26H33N5O3. The fourth-order valence-corrected chi connectivity index (χ4v) is 4.20. The summed E-state index contributed by atoms with van der Waals surface area (Å²) in [6.45, 7) is 12.9. The molecule has 2 heterocycles. The predicted molar refractivity (Wildman–Crippen MR) is 132 cm³/mol. The highest BCUT2D eigenvalue weighted by molar-refractivity contribution is 5.73. The Kier molecular flexibility index (Phi) is 7.47. The lowest BCUT2D eigenvalue weighted by Gasteiger charge is -2.34. The molecule has 1 aromatic heterocycles. The van der Waals surface area contributed by atoms with Crippen LogP contribution in [0.4, 0.5) is 0 Å². The van der Waals surface area contributed by atoms with Gasteiger partial charge in [0, 0.05) is 45.2 Å².